The first kappa shape index (κ1) is 13.1. The first-order valence-electron chi connectivity index (χ1n) is 6.41. The molecule has 0 bridgehead atoms. The van der Waals surface area contributed by atoms with Gasteiger partial charge in [-0.25, -0.2) is 4.39 Å². The van der Waals surface area contributed by atoms with Crippen LogP contribution in [0.3, 0.4) is 0 Å². The summed E-state index contributed by atoms with van der Waals surface area (Å²) in [5.74, 6) is 0.404. The van der Waals surface area contributed by atoms with Gasteiger partial charge in [-0.2, -0.15) is 0 Å². The highest BCUT2D eigenvalue weighted by molar-refractivity contribution is 7.15. The fourth-order valence-corrected chi connectivity index (χ4v) is 3.75. The van der Waals surface area contributed by atoms with E-state index in [1.807, 2.05) is 7.05 Å². The summed E-state index contributed by atoms with van der Waals surface area (Å²) in [7, 11) is 2.01. The Morgan fingerprint density at radius 2 is 2.11 bits per heavy atom. The fraction of sp³-hybridized carbons (Fsp3) is 0.333. The Bertz CT molecular complexity index is 592. The van der Waals surface area contributed by atoms with Crippen molar-refractivity contribution in [3.8, 4) is 10.4 Å². The first-order chi connectivity index (χ1) is 9.19. The largest absolute Gasteiger partial charge is 0.312 e. The van der Waals surface area contributed by atoms with Gasteiger partial charge in [-0.1, -0.05) is 17.7 Å². The Morgan fingerprint density at radius 1 is 1.32 bits per heavy atom. The molecule has 1 aliphatic carbocycles. The smallest absolute Gasteiger partial charge is 0.141 e. The summed E-state index contributed by atoms with van der Waals surface area (Å²) >= 11 is 7.60. The summed E-state index contributed by atoms with van der Waals surface area (Å²) in [4.78, 5) is 2.48. The van der Waals surface area contributed by atoms with Crippen LogP contribution in [0.4, 0.5) is 4.39 Å². The zero-order chi connectivity index (χ0) is 13.4. The third kappa shape index (κ3) is 2.69. The number of nitrogens with one attached hydrogen (secondary N) is 1. The standard InChI is InChI=1S/C15H15ClFNS/c1-18-15(9-2-3-9)14-7-6-13(19-14)10-4-5-12(17)11(16)8-10/h4-9,15,18H,2-3H2,1H3. The SMILES string of the molecule is CNC(c1ccc(-c2ccc(F)c(Cl)c2)s1)C1CC1. The number of hydrogen-bond acceptors (Lipinski definition) is 2. The van der Waals surface area contributed by atoms with Crippen LogP contribution in [0.25, 0.3) is 10.4 Å². The van der Waals surface area contributed by atoms with Gasteiger partial charge in [0.25, 0.3) is 0 Å². The van der Waals surface area contributed by atoms with E-state index in [1.165, 1.54) is 23.8 Å². The molecule has 1 atom stereocenters. The van der Waals surface area contributed by atoms with Gasteiger partial charge in [-0.05, 0) is 55.6 Å². The summed E-state index contributed by atoms with van der Waals surface area (Å²) in [6.07, 6.45) is 2.61. The van der Waals surface area contributed by atoms with Crippen molar-refractivity contribution in [2.45, 2.75) is 18.9 Å². The maximum absolute atomic E-state index is 13.2. The van der Waals surface area contributed by atoms with Crippen LogP contribution in [0.2, 0.25) is 5.02 Å². The molecular weight excluding hydrogens is 281 g/mol. The quantitative estimate of drug-likeness (QED) is 0.848. The Balaban J connectivity index is 1.89. The highest BCUT2D eigenvalue weighted by Gasteiger charge is 2.32. The molecule has 100 valence electrons. The molecule has 1 heterocycles. The van der Waals surface area contributed by atoms with Crippen LogP contribution in [-0.2, 0) is 0 Å². The maximum atomic E-state index is 13.2. The molecule has 0 aliphatic heterocycles. The second-order valence-corrected chi connectivity index (χ2v) is 6.46. The number of benzene rings is 1. The molecule has 0 amide bonds. The summed E-state index contributed by atoms with van der Waals surface area (Å²) in [6.45, 7) is 0. The van der Waals surface area contributed by atoms with Gasteiger partial charge in [-0.3, -0.25) is 0 Å². The summed E-state index contributed by atoms with van der Waals surface area (Å²) in [5.41, 5.74) is 0.980. The third-order valence-corrected chi connectivity index (χ3v) is 5.05. The van der Waals surface area contributed by atoms with E-state index in [2.05, 4.69) is 17.4 Å². The van der Waals surface area contributed by atoms with Crippen molar-refractivity contribution in [2.24, 2.45) is 5.92 Å². The van der Waals surface area contributed by atoms with E-state index in [-0.39, 0.29) is 10.8 Å². The molecule has 1 fully saturated rings. The topological polar surface area (TPSA) is 12.0 Å². The zero-order valence-electron chi connectivity index (χ0n) is 10.6. The van der Waals surface area contributed by atoms with E-state index in [4.69, 9.17) is 11.6 Å². The molecule has 1 N–H and O–H groups in total. The van der Waals surface area contributed by atoms with Crippen LogP contribution in [-0.4, -0.2) is 7.05 Å². The summed E-state index contributed by atoms with van der Waals surface area (Å²) < 4.78 is 13.2. The van der Waals surface area contributed by atoms with Crippen molar-refractivity contribution < 1.29 is 4.39 Å². The Labute approximate surface area is 121 Å². The average molecular weight is 296 g/mol. The van der Waals surface area contributed by atoms with Crippen LogP contribution < -0.4 is 5.32 Å². The molecule has 19 heavy (non-hydrogen) atoms. The second-order valence-electron chi connectivity index (χ2n) is 4.93. The molecule has 4 heteroatoms. The van der Waals surface area contributed by atoms with Crippen molar-refractivity contribution in [3.63, 3.8) is 0 Å². The van der Waals surface area contributed by atoms with Gasteiger partial charge in [0.2, 0.25) is 0 Å². The normalized spacial score (nSPS) is 16.6. The van der Waals surface area contributed by atoms with Gasteiger partial charge in [0, 0.05) is 15.8 Å². The van der Waals surface area contributed by atoms with Gasteiger partial charge in [0.15, 0.2) is 0 Å². The molecule has 1 aromatic carbocycles. The molecule has 3 rings (SSSR count). The molecule has 1 aromatic heterocycles. The first-order valence-corrected chi connectivity index (χ1v) is 7.61. The van der Waals surface area contributed by atoms with Gasteiger partial charge >= 0.3 is 0 Å². The number of thiophene rings is 1. The minimum Gasteiger partial charge on any atom is -0.312 e. The van der Waals surface area contributed by atoms with Crippen molar-refractivity contribution in [3.05, 3.63) is 46.0 Å². The van der Waals surface area contributed by atoms with Crippen LogP contribution >= 0.6 is 22.9 Å². The lowest BCUT2D eigenvalue weighted by molar-refractivity contribution is 0.537. The zero-order valence-corrected chi connectivity index (χ0v) is 12.2. The number of halogens is 2. The van der Waals surface area contributed by atoms with E-state index in [9.17, 15) is 4.39 Å². The maximum Gasteiger partial charge on any atom is 0.141 e. The van der Waals surface area contributed by atoms with E-state index in [0.717, 1.165) is 16.4 Å². The Kier molecular flexibility index (Phi) is 3.61. The van der Waals surface area contributed by atoms with Crippen molar-refractivity contribution in [1.82, 2.24) is 5.32 Å². The van der Waals surface area contributed by atoms with E-state index >= 15 is 0 Å². The van der Waals surface area contributed by atoms with E-state index in [0.29, 0.717) is 6.04 Å². The molecule has 1 nitrogen and oxygen atoms in total. The van der Waals surface area contributed by atoms with E-state index in [1.54, 1.807) is 23.5 Å². The van der Waals surface area contributed by atoms with Crippen LogP contribution in [0.5, 0.6) is 0 Å². The Morgan fingerprint density at radius 3 is 2.74 bits per heavy atom. The fourth-order valence-electron chi connectivity index (χ4n) is 2.36. The second kappa shape index (κ2) is 5.23. The van der Waals surface area contributed by atoms with Crippen molar-refractivity contribution in [1.29, 1.82) is 0 Å². The number of hydrogen-bond donors (Lipinski definition) is 1. The lowest BCUT2D eigenvalue weighted by Gasteiger charge is -2.12. The molecule has 1 aliphatic rings. The summed E-state index contributed by atoms with van der Waals surface area (Å²) in [6, 6.07) is 9.61. The van der Waals surface area contributed by atoms with Crippen LogP contribution in [0, 0.1) is 11.7 Å². The van der Waals surface area contributed by atoms with Gasteiger partial charge in [0.1, 0.15) is 5.82 Å². The molecule has 0 saturated heterocycles. The molecule has 0 spiro atoms. The lowest BCUT2D eigenvalue weighted by Crippen LogP contribution is -2.16. The molecule has 1 saturated carbocycles. The highest BCUT2D eigenvalue weighted by atomic mass is 35.5. The number of rotatable bonds is 4. The van der Waals surface area contributed by atoms with E-state index < -0.39 is 0 Å². The molecule has 2 aromatic rings. The third-order valence-electron chi connectivity index (χ3n) is 3.54. The Hall–Kier alpha value is -0.900. The van der Waals surface area contributed by atoms with Gasteiger partial charge in [-0.15, -0.1) is 11.3 Å². The summed E-state index contributed by atoms with van der Waals surface area (Å²) in [5, 5.41) is 3.57. The van der Waals surface area contributed by atoms with Crippen LogP contribution in [0.1, 0.15) is 23.8 Å². The lowest BCUT2D eigenvalue weighted by atomic mass is 10.1. The minimum absolute atomic E-state index is 0.180. The van der Waals surface area contributed by atoms with Gasteiger partial charge < -0.3 is 5.32 Å². The van der Waals surface area contributed by atoms with Crippen LogP contribution in [0.15, 0.2) is 30.3 Å². The van der Waals surface area contributed by atoms with Crippen molar-refractivity contribution in [2.75, 3.05) is 7.05 Å². The molecule has 0 radical (unpaired) electrons. The van der Waals surface area contributed by atoms with Gasteiger partial charge in [0.05, 0.1) is 5.02 Å². The predicted molar refractivity (Wildman–Crippen MR) is 79.2 cm³/mol. The minimum atomic E-state index is -0.367. The molecular formula is C15H15ClFNS. The predicted octanol–water partition coefficient (Wildman–Crippen LogP) is 4.88. The highest BCUT2D eigenvalue weighted by Crippen LogP contribution is 2.44. The average Bonchev–Trinajstić information content (AvgIpc) is 3.11. The monoisotopic (exact) mass is 295 g/mol. The van der Waals surface area contributed by atoms with Crippen molar-refractivity contribution >= 4 is 22.9 Å². The molecule has 1 unspecified atom stereocenters.